The average Bonchev–Trinajstić information content (AvgIpc) is 3.31. The molecule has 196 valence electrons. The largest absolute Gasteiger partial charge is 0.416 e. The van der Waals surface area contributed by atoms with Gasteiger partial charge in [0, 0.05) is 23.2 Å². The molecule has 4 rings (SSSR count). The third-order valence-electron chi connectivity index (χ3n) is 5.75. The molecular formula is C28H24F4N4O2. The summed E-state index contributed by atoms with van der Waals surface area (Å²) in [6, 6.07) is 20.0. The summed E-state index contributed by atoms with van der Waals surface area (Å²) < 4.78 is 54.4. The van der Waals surface area contributed by atoms with Gasteiger partial charge < -0.3 is 10.2 Å². The molecular weight excluding hydrogens is 500 g/mol. The van der Waals surface area contributed by atoms with Crippen LogP contribution in [0.4, 0.5) is 23.4 Å². The van der Waals surface area contributed by atoms with Crippen molar-refractivity contribution >= 4 is 17.6 Å². The van der Waals surface area contributed by atoms with Crippen molar-refractivity contribution in [2.24, 2.45) is 0 Å². The molecule has 1 aromatic heterocycles. The van der Waals surface area contributed by atoms with E-state index in [2.05, 4.69) is 10.4 Å². The van der Waals surface area contributed by atoms with Gasteiger partial charge in [-0.1, -0.05) is 36.4 Å². The van der Waals surface area contributed by atoms with Crippen molar-refractivity contribution in [3.63, 3.8) is 0 Å². The molecule has 0 unspecified atom stereocenters. The van der Waals surface area contributed by atoms with E-state index in [1.54, 1.807) is 19.9 Å². The number of aromatic nitrogens is 2. The molecule has 10 heteroatoms. The van der Waals surface area contributed by atoms with Gasteiger partial charge >= 0.3 is 6.18 Å². The summed E-state index contributed by atoms with van der Waals surface area (Å²) in [4.78, 5) is 27.4. The van der Waals surface area contributed by atoms with E-state index in [4.69, 9.17) is 0 Å². The minimum absolute atomic E-state index is 0.177. The molecule has 0 aliphatic carbocycles. The monoisotopic (exact) mass is 524 g/mol. The van der Waals surface area contributed by atoms with Crippen molar-refractivity contribution in [1.82, 2.24) is 14.7 Å². The summed E-state index contributed by atoms with van der Waals surface area (Å²) in [7, 11) is 0. The number of rotatable bonds is 7. The lowest BCUT2D eigenvalue weighted by Crippen LogP contribution is -2.42. The highest BCUT2D eigenvalue weighted by Gasteiger charge is 2.32. The Labute approximate surface area is 216 Å². The standard InChI is InChI=1S/C28H24F4N4O2/c1-18(2)35(27(38)20-9-6-10-21(15-20)28(30,31)32)17-26(37)33-25-16-24(19-7-4-3-5-8-19)34-36(25)23-13-11-22(29)12-14-23/h3-16,18H,17H2,1-2H3,(H,33,37). The van der Waals surface area contributed by atoms with Crippen molar-refractivity contribution in [3.8, 4) is 16.9 Å². The van der Waals surface area contributed by atoms with Gasteiger partial charge in [0.15, 0.2) is 0 Å². The van der Waals surface area contributed by atoms with E-state index in [1.807, 2.05) is 30.3 Å². The topological polar surface area (TPSA) is 67.2 Å². The van der Waals surface area contributed by atoms with Crippen LogP contribution in [0, 0.1) is 5.82 Å². The molecule has 0 saturated heterocycles. The number of anilines is 1. The molecule has 2 amide bonds. The molecule has 6 nitrogen and oxygen atoms in total. The molecule has 0 bridgehead atoms. The number of hydrogen-bond donors (Lipinski definition) is 1. The van der Waals surface area contributed by atoms with Crippen molar-refractivity contribution in [1.29, 1.82) is 0 Å². The molecule has 0 aliphatic rings. The smallest absolute Gasteiger partial charge is 0.327 e. The van der Waals surface area contributed by atoms with E-state index >= 15 is 0 Å². The Morgan fingerprint density at radius 1 is 0.947 bits per heavy atom. The summed E-state index contributed by atoms with van der Waals surface area (Å²) >= 11 is 0. The van der Waals surface area contributed by atoms with Gasteiger partial charge in [-0.05, 0) is 56.3 Å². The van der Waals surface area contributed by atoms with E-state index in [-0.39, 0.29) is 11.4 Å². The maximum atomic E-state index is 13.5. The van der Waals surface area contributed by atoms with Gasteiger partial charge in [0.1, 0.15) is 18.2 Å². The number of alkyl halides is 3. The maximum absolute atomic E-state index is 13.5. The van der Waals surface area contributed by atoms with Gasteiger partial charge in [-0.3, -0.25) is 9.59 Å². The Balaban J connectivity index is 1.60. The number of hydrogen-bond acceptors (Lipinski definition) is 3. The zero-order chi connectivity index (χ0) is 27.4. The van der Waals surface area contributed by atoms with E-state index in [0.717, 1.165) is 23.8 Å². The number of nitrogens with zero attached hydrogens (tertiary/aromatic N) is 3. The second-order valence-electron chi connectivity index (χ2n) is 8.82. The number of carbonyl (C=O) groups is 2. The summed E-state index contributed by atoms with van der Waals surface area (Å²) in [5.74, 6) is -1.45. The SMILES string of the molecule is CC(C)N(CC(=O)Nc1cc(-c2ccccc2)nn1-c1ccc(F)cc1)C(=O)c1cccc(C(F)(F)F)c1. The zero-order valence-corrected chi connectivity index (χ0v) is 20.5. The third-order valence-corrected chi connectivity index (χ3v) is 5.75. The highest BCUT2D eigenvalue weighted by Crippen LogP contribution is 2.30. The van der Waals surface area contributed by atoms with E-state index in [1.165, 1.54) is 39.9 Å². The first-order valence-electron chi connectivity index (χ1n) is 11.7. The normalized spacial score (nSPS) is 11.4. The van der Waals surface area contributed by atoms with Crippen LogP contribution < -0.4 is 5.32 Å². The van der Waals surface area contributed by atoms with Crippen LogP contribution in [0.3, 0.4) is 0 Å². The van der Waals surface area contributed by atoms with Crippen LogP contribution in [0.5, 0.6) is 0 Å². The quantitative estimate of drug-likeness (QED) is 0.293. The lowest BCUT2D eigenvalue weighted by atomic mass is 10.1. The van der Waals surface area contributed by atoms with Gasteiger partial charge in [0.2, 0.25) is 5.91 Å². The first-order valence-corrected chi connectivity index (χ1v) is 11.7. The Bertz CT molecular complexity index is 1430. The lowest BCUT2D eigenvalue weighted by molar-refractivity contribution is -0.137. The fraction of sp³-hybridized carbons (Fsp3) is 0.179. The predicted octanol–water partition coefficient (Wildman–Crippen LogP) is 6.19. The van der Waals surface area contributed by atoms with Crippen LogP contribution in [-0.2, 0) is 11.0 Å². The summed E-state index contributed by atoms with van der Waals surface area (Å²) in [6.45, 7) is 2.91. The number of halogens is 4. The molecule has 0 aliphatic heterocycles. The Kier molecular flexibility index (Phi) is 7.61. The first-order chi connectivity index (χ1) is 18.0. The number of benzene rings is 3. The van der Waals surface area contributed by atoms with Crippen molar-refractivity contribution in [3.05, 3.63) is 102 Å². The predicted molar refractivity (Wildman–Crippen MR) is 135 cm³/mol. The van der Waals surface area contributed by atoms with Crippen LogP contribution >= 0.6 is 0 Å². The van der Waals surface area contributed by atoms with Crippen LogP contribution in [0.15, 0.2) is 84.9 Å². The van der Waals surface area contributed by atoms with Gasteiger partial charge in [-0.15, -0.1) is 0 Å². The molecule has 0 fully saturated rings. The Morgan fingerprint density at radius 2 is 1.63 bits per heavy atom. The van der Waals surface area contributed by atoms with Crippen LogP contribution in [0.25, 0.3) is 16.9 Å². The highest BCUT2D eigenvalue weighted by molar-refractivity contribution is 5.99. The van der Waals surface area contributed by atoms with E-state index in [0.29, 0.717) is 11.4 Å². The summed E-state index contributed by atoms with van der Waals surface area (Å²) in [5, 5.41) is 7.29. The summed E-state index contributed by atoms with van der Waals surface area (Å²) in [6.07, 6.45) is -4.61. The second-order valence-corrected chi connectivity index (χ2v) is 8.82. The number of carbonyl (C=O) groups excluding carboxylic acids is 2. The van der Waals surface area contributed by atoms with Crippen LogP contribution in [-0.4, -0.2) is 39.1 Å². The lowest BCUT2D eigenvalue weighted by Gasteiger charge is -2.26. The molecule has 0 radical (unpaired) electrons. The van der Waals surface area contributed by atoms with Crippen molar-refractivity contribution < 1.29 is 27.2 Å². The molecule has 1 N–H and O–H groups in total. The molecule has 38 heavy (non-hydrogen) atoms. The zero-order valence-electron chi connectivity index (χ0n) is 20.5. The fourth-order valence-corrected chi connectivity index (χ4v) is 3.82. The van der Waals surface area contributed by atoms with Crippen LogP contribution in [0.2, 0.25) is 0 Å². The third kappa shape index (κ3) is 6.08. The summed E-state index contributed by atoms with van der Waals surface area (Å²) in [5.41, 5.74) is 0.695. The van der Waals surface area contributed by atoms with Gasteiger partial charge in [0.05, 0.1) is 16.9 Å². The highest BCUT2D eigenvalue weighted by atomic mass is 19.4. The van der Waals surface area contributed by atoms with E-state index in [9.17, 15) is 27.2 Å². The Morgan fingerprint density at radius 3 is 2.26 bits per heavy atom. The van der Waals surface area contributed by atoms with E-state index < -0.39 is 42.0 Å². The average molecular weight is 525 g/mol. The molecule has 0 spiro atoms. The van der Waals surface area contributed by atoms with Crippen molar-refractivity contribution in [2.75, 3.05) is 11.9 Å². The second kappa shape index (κ2) is 10.9. The van der Waals surface area contributed by atoms with Gasteiger partial charge in [0.25, 0.3) is 5.91 Å². The number of nitrogens with one attached hydrogen (secondary N) is 1. The van der Waals surface area contributed by atoms with Gasteiger partial charge in [-0.25, -0.2) is 9.07 Å². The minimum Gasteiger partial charge on any atom is -0.327 e. The molecule has 3 aromatic carbocycles. The van der Waals surface area contributed by atoms with Crippen molar-refractivity contribution in [2.45, 2.75) is 26.1 Å². The molecule has 0 saturated carbocycles. The first kappa shape index (κ1) is 26.6. The van der Waals surface area contributed by atoms with Gasteiger partial charge in [-0.2, -0.15) is 18.3 Å². The van der Waals surface area contributed by atoms with Crippen LogP contribution in [0.1, 0.15) is 29.8 Å². The maximum Gasteiger partial charge on any atom is 0.416 e. The molecule has 1 heterocycles. The molecule has 0 atom stereocenters. The molecule has 4 aromatic rings. The Hall–Kier alpha value is -4.47. The number of amides is 2. The fourth-order valence-electron chi connectivity index (χ4n) is 3.82. The minimum atomic E-state index is -4.61.